The molecule has 0 bridgehead atoms. The van der Waals surface area contributed by atoms with E-state index in [-0.39, 0.29) is 5.69 Å². The van der Waals surface area contributed by atoms with Gasteiger partial charge in [0.05, 0.1) is 11.0 Å². The normalized spacial score (nSPS) is 15.0. The van der Waals surface area contributed by atoms with Gasteiger partial charge in [0, 0.05) is 36.5 Å². The summed E-state index contributed by atoms with van der Waals surface area (Å²) < 4.78 is 5.64. The Kier molecular flexibility index (Phi) is 1.94. The Balaban J connectivity index is 2.22. The van der Waals surface area contributed by atoms with Crippen molar-refractivity contribution in [1.82, 2.24) is 5.32 Å². The summed E-state index contributed by atoms with van der Waals surface area (Å²) in [5, 5.41) is 14.9. The second kappa shape index (κ2) is 3.31. The molecule has 1 aromatic heterocycles. The van der Waals surface area contributed by atoms with E-state index < -0.39 is 4.92 Å². The SMILES string of the molecule is O=[N+]([O-])c1ccc2c3c(oc2c1)CCNC3. The molecule has 0 saturated heterocycles. The lowest BCUT2D eigenvalue weighted by molar-refractivity contribution is -0.384. The summed E-state index contributed by atoms with van der Waals surface area (Å²) >= 11 is 0. The third-order valence-electron chi connectivity index (χ3n) is 2.90. The Hall–Kier alpha value is -1.88. The minimum absolute atomic E-state index is 0.0755. The molecule has 0 fully saturated rings. The van der Waals surface area contributed by atoms with Crippen molar-refractivity contribution >= 4 is 16.7 Å². The maximum atomic E-state index is 10.6. The average Bonchev–Trinajstić information content (AvgIpc) is 2.66. The topological polar surface area (TPSA) is 68.3 Å². The summed E-state index contributed by atoms with van der Waals surface area (Å²) in [6, 6.07) is 4.78. The van der Waals surface area contributed by atoms with Crippen molar-refractivity contribution in [1.29, 1.82) is 0 Å². The number of fused-ring (bicyclic) bond motifs is 3. The zero-order valence-electron chi connectivity index (χ0n) is 8.53. The Morgan fingerprint density at radius 1 is 1.44 bits per heavy atom. The number of nitrogens with one attached hydrogen (secondary N) is 1. The number of hydrogen-bond donors (Lipinski definition) is 1. The molecule has 5 nitrogen and oxygen atoms in total. The highest BCUT2D eigenvalue weighted by molar-refractivity contribution is 5.84. The van der Waals surface area contributed by atoms with Crippen molar-refractivity contribution < 1.29 is 9.34 Å². The van der Waals surface area contributed by atoms with Crippen LogP contribution in [0.2, 0.25) is 0 Å². The van der Waals surface area contributed by atoms with Crippen molar-refractivity contribution in [3.8, 4) is 0 Å². The molecule has 5 heteroatoms. The van der Waals surface area contributed by atoms with Crippen LogP contribution in [0.3, 0.4) is 0 Å². The quantitative estimate of drug-likeness (QED) is 0.587. The highest BCUT2D eigenvalue weighted by Gasteiger charge is 2.19. The molecule has 0 radical (unpaired) electrons. The molecule has 2 heterocycles. The smallest absolute Gasteiger partial charge is 0.273 e. The summed E-state index contributed by atoms with van der Waals surface area (Å²) in [5.74, 6) is 0.953. The maximum absolute atomic E-state index is 10.6. The Labute approximate surface area is 91.2 Å². The van der Waals surface area contributed by atoms with E-state index in [0.29, 0.717) is 5.58 Å². The minimum atomic E-state index is -0.404. The van der Waals surface area contributed by atoms with Gasteiger partial charge in [0.2, 0.25) is 0 Å². The van der Waals surface area contributed by atoms with Gasteiger partial charge in [0.1, 0.15) is 11.3 Å². The van der Waals surface area contributed by atoms with Crippen LogP contribution >= 0.6 is 0 Å². The van der Waals surface area contributed by atoms with Gasteiger partial charge in [-0.1, -0.05) is 0 Å². The molecule has 16 heavy (non-hydrogen) atoms. The van der Waals surface area contributed by atoms with Gasteiger partial charge in [-0.2, -0.15) is 0 Å². The molecule has 0 aliphatic carbocycles. The van der Waals surface area contributed by atoms with E-state index >= 15 is 0 Å². The zero-order valence-corrected chi connectivity index (χ0v) is 8.53. The van der Waals surface area contributed by atoms with E-state index in [0.717, 1.165) is 36.2 Å². The first-order chi connectivity index (χ1) is 7.75. The molecular formula is C11H10N2O3. The first-order valence-electron chi connectivity index (χ1n) is 5.15. The van der Waals surface area contributed by atoms with Gasteiger partial charge in [-0.25, -0.2) is 0 Å². The van der Waals surface area contributed by atoms with Gasteiger partial charge in [-0.15, -0.1) is 0 Å². The molecular weight excluding hydrogens is 208 g/mol. The lowest BCUT2D eigenvalue weighted by Gasteiger charge is -2.10. The van der Waals surface area contributed by atoms with Crippen molar-refractivity contribution in [3.63, 3.8) is 0 Å². The number of hydrogen-bond acceptors (Lipinski definition) is 4. The summed E-state index contributed by atoms with van der Waals surface area (Å²) in [4.78, 5) is 10.2. The molecule has 0 amide bonds. The van der Waals surface area contributed by atoms with E-state index in [2.05, 4.69) is 5.32 Å². The van der Waals surface area contributed by atoms with Crippen LogP contribution in [0.5, 0.6) is 0 Å². The number of nitro benzene ring substituents is 1. The summed E-state index contributed by atoms with van der Waals surface area (Å²) in [7, 11) is 0. The molecule has 2 aromatic rings. The molecule has 1 aliphatic heterocycles. The van der Waals surface area contributed by atoms with Crippen molar-refractivity contribution in [3.05, 3.63) is 39.6 Å². The number of rotatable bonds is 1. The van der Waals surface area contributed by atoms with E-state index in [9.17, 15) is 10.1 Å². The zero-order chi connectivity index (χ0) is 11.1. The summed E-state index contributed by atoms with van der Waals surface area (Å²) in [5.41, 5.74) is 1.82. The van der Waals surface area contributed by atoms with E-state index in [4.69, 9.17) is 4.42 Å². The fraction of sp³-hybridized carbons (Fsp3) is 0.273. The van der Waals surface area contributed by atoms with Gasteiger partial charge in [-0.3, -0.25) is 10.1 Å². The first kappa shape index (κ1) is 9.35. The van der Waals surface area contributed by atoms with Crippen LogP contribution in [0.4, 0.5) is 5.69 Å². The largest absolute Gasteiger partial charge is 0.460 e. The molecule has 1 aromatic carbocycles. The Bertz CT molecular complexity index is 574. The van der Waals surface area contributed by atoms with Gasteiger partial charge >= 0.3 is 0 Å². The second-order valence-corrected chi connectivity index (χ2v) is 3.87. The van der Waals surface area contributed by atoms with E-state index in [1.165, 1.54) is 12.1 Å². The molecule has 0 atom stereocenters. The van der Waals surface area contributed by atoms with Gasteiger partial charge in [-0.05, 0) is 6.07 Å². The van der Waals surface area contributed by atoms with Crippen molar-refractivity contribution in [2.24, 2.45) is 0 Å². The first-order valence-corrected chi connectivity index (χ1v) is 5.15. The third kappa shape index (κ3) is 1.29. The van der Waals surface area contributed by atoms with E-state index in [1.54, 1.807) is 6.07 Å². The fourth-order valence-corrected chi connectivity index (χ4v) is 2.11. The molecule has 82 valence electrons. The maximum Gasteiger partial charge on any atom is 0.273 e. The number of nitro groups is 1. The number of benzene rings is 1. The average molecular weight is 218 g/mol. The Morgan fingerprint density at radius 2 is 2.31 bits per heavy atom. The summed E-state index contributed by atoms with van der Waals surface area (Å²) in [6.45, 7) is 1.68. The van der Waals surface area contributed by atoms with Crippen molar-refractivity contribution in [2.45, 2.75) is 13.0 Å². The molecule has 0 spiro atoms. The molecule has 1 N–H and O–H groups in total. The highest BCUT2D eigenvalue weighted by atomic mass is 16.6. The lowest BCUT2D eigenvalue weighted by Crippen LogP contribution is -2.22. The van der Waals surface area contributed by atoms with Gasteiger partial charge in [0.25, 0.3) is 5.69 Å². The van der Waals surface area contributed by atoms with Crippen LogP contribution in [0.25, 0.3) is 11.0 Å². The monoisotopic (exact) mass is 218 g/mol. The lowest BCUT2D eigenvalue weighted by atomic mass is 10.1. The molecule has 3 rings (SSSR count). The van der Waals surface area contributed by atoms with Crippen LogP contribution in [-0.4, -0.2) is 11.5 Å². The minimum Gasteiger partial charge on any atom is -0.460 e. The number of furan rings is 1. The Morgan fingerprint density at radius 3 is 3.12 bits per heavy atom. The molecule has 1 aliphatic rings. The summed E-state index contributed by atoms with van der Waals surface area (Å²) in [6.07, 6.45) is 0.845. The predicted molar refractivity (Wildman–Crippen MR) is 58.3 cm³/mol. The second-order valence-electron chi connectivity index (χ2n) is 3.87. The standard InChI is InChI=1S/C11H10N2O3/c14-13(15)7-1-2-8-9-6-12-4-3-10(9)16-11(8)5-7/h1-2,5,12H,3-4,6H2. The van der Waals surface area contributed by atoms with Gasteiger partial charge in [0.15, 0.2) is 0 Å². The van der Waals surface area contributed by atoms with Gasteiger partial charge < -0.3 is 9.73 Å². The van der Waals surface area contributed by atoms with Crippen LogP contribution in [0.1, 0.15) is 11.3 Å². The molecule has 0 saturated carbocycles. The van der Waals surface area contributed by atoms with Crippen LogP contribution in [-0.2, 0) is 13.0 Å². The molecule has 0 unspecified atom stereocenters. The van der Waals surface area contributed by atoms with Crippen LogP contribution < -0.4 is 5.32 Å². The number of non-ortho nitro benzene ring substituents is 1. The predicted octanol–water partition coefficient (Wildman–Crippen LogP) is 1.99. The fourth-order valence-electron chi connectivity index (χ4n) is 2.11. The van der Waals surface area contributed by atoms with Crippen molar-refractivity contribution in [2.75, 3.05) is 6.54 Å². The van der Waals surface area contributed by atoms with Crippen LogP contribution in [0.15, 0.2) is 22.6 Å². The number of nitrogens with zero attached hydrogens (tertiary/aromatic N) is 1. The van der Waals surface area contributed by atoms with Crippen LogP contribution in [0, 0.1) is 10.1 Å². The van der Waals surface area contributed by atoms with E-state index in [1.807, 2.05) is 0 Å². The highest BCUT2D eigenvalue weighted by Crippen LogP contribution is 2.30. The third-order valence-corrected chi connectivity index (χ3v) is 2.90.